The summed E-state index contributed by atoms with van der Waals surface area (Å²) in [4.78, 5) is 25.2. The van der Waals surface area contributed by atoms with Crippen LogP contribution in [0.1, 0.15) is 26.5 Å². The van der Waals surface area contributed by atoms with E-state index in [-0.39, 0.29) is 11.4 Å². The highest BCUT2D eigenvalue weighted by Crippen LogP contribution is 2.07. The third kappa shape index (κ3) is 4.03. The van der Waals surface area contributed by atoms with Crippen molar-refractivity contribution >= 4 is 20.0 Å². The molecule has 0 unspecified atom stereocenters. The van der Waals surface area contributed by atoms with E-state index in [0.29, 0.717) is 5.56 Å². The first kappa shape index (κ1) is 13.9. The van der Waals surface area contributed by atoms with Gasteiger partial charge in [0.15, 0.2) is 0 Å². The van der Waals surface area contributed by atoms with Crippen LogP contribution in [0.15, 0.2) is 12.1 Å². The summed E-state index contributed by atoms with van der Waals surface area (Å²) in [6.45, 7) is 6.12. The van der Waals surface area contributed by atoms with E-state index < -0.39 is 20.0 Å². The van der Waals surface area contributed by atoms with Crippen molar-refractivity contribution in [1.29, 1.82) is 0 Å². The lowest BCUT2D eigenvalue weighted by Crippen LogP contribution is -2.16. The maximum atomic E-state index is 10.8. The first-order valence-electron chi connectivity index (χ1n) is 5.21. The fourth-order valence-corrected chi connectivity index (χ4v) is 1.60. The van der Waals surface area contributed by atoms with Gasteiger partial charge in [0.05, 0.1) is 0 Å². The molecule has 0 bridgehead atoms. The molecule has 1 rings (SSSR count). The van der Waals surface area contributed by atoms with E-state index in [1.807, 2.05) is 19.6 Å². The molecule has 1 heterocycles. The molecule has 0 atom stereocenters. The zero-order chi connectivity index (χ0) is 13.9. The Morgan fingerprint density at radius 1 is 1.11 bits per heavy atom. The van der Waals surface area contributed by atoms with Crippen LogP contribution in [0.25, 0.3) is 0 Å². The fourth-order valence-electron chi connectivity index (χ4n) is 1.08. The molecule has 0 saturated carbocycles. The molecule has 0 aromatic carbocycles. The first-order valence-corrected chi connectivity index (χ1v) is 8.71. The molecule has 0 saturated heterocycles. The molecule has 2 N–H and O–H groups in total. The summed E-state index contributed by atoms with van der Waals surface area (Å²) in [5.41, 5.74) is 2.79. The van der Waals surface area contributed by atoms with Crippen LogP contribution in [-0.2, 0) is 0 Å². The molecule has 0 aliphatic rings. The van der Waals surface area contributed by atoms with E-state index >= 15 is 0 Å². The van der Waals surface area contributed by atoms with E-state index in [9.17, 15) is 9.59 Å². The molecule has 18 heavy (non-hydrogen) atoms. The first-order chi connectivity index (χ1) is 8.19. The maximum absolute atomic E-state index is 10.8. The predicted octanol–water partition coefficient (Wildman–Crippen LogP) is 1.71. The number of carboxylic acids is 2. The number of pyridine rings is 1. The summed E-state index contributed by atoms with van der Waals surface area (Å²) in [7, 11) is -1.61. The maximum Gasteiger partial charge on any atom is 0.354 e. The number of hydrogen-bond donors (Lipinski definition) is 2. The van der Waals surface area contributed by atoms with Gasteiger partial charge in [-0.25, -0.2) is 14.6 Å². The molecule has 0 fully saturated rings. The summed E-state index contributed by atoms with van der Waals surface area (Å²) in [6, 6.07) is 2.56. The van der Waals surface area contributed by atoms with Gasteiger partial charge < -0.3 is 10.2 Å². The molecular weight excluding hydrogens is 250 g/mol. The lowest BCUT2D eigenvalue weighted by atomic mass is 10.2. The van der Waals surface area contributed by atoms with Crippen molar-refractivity contribution in [2.24, 2.45) is 0 Å². The molecule has 5 nitrogen and oxygen atoms in total. The van der Waals surface area contributed by atoms with Gasteiger partial charge in [-0.1, -0.05) is 25.6 Å². The highest BCUT2D eigenvalue weighted by atomic mass is 28.3. The average molecular weight is 263 g/mol. The molecule has 94 valence electrons. The van der Waals surface area contributed by atoms with Crippen LogP contribution in [0.2, 0.25) is 19.6 Å². The summed E-state index contributed by atoms with van der Waals surface area (Å²) < 4.78 is 0. The predicted molar refractivity (Wildman–Crippen MR) is 68.4 cm³/mol. The average Bonchev–Trinajstić information content (AvgIpc) is 2.25. The van der Waals surface area contributed by atoms with Crippen molar-refractivity contribution in [3.63, 3.8) is 0 Å². The van der Waals surface area contributed by atoms with Gasteiger partial charge in [-0.05, 0) is 12.1 Å². The Morgan fingerprint density at radius 3 is 1.89 bits per heavy atom. The van der Waals surface area contributed by atoms with E-state index in [1.54, 1.807) is 0 Å². The zero-order valence-electron chi connectivity index (χ0n) is 10.3. The van der Waals surface area contributed by atoms with Crippen molar-refractivity contribution in [2.45, 2.75) is 19.6 Å². The van der Waals surface area contributed by atoms with Crippen LogP contribution in [0.3, 0.4) is 0 Å². The van der Waals surface area contributed by atoms with Crippen molar-refractivity contribution in [3.05, 3.63) is 29.1 Å². The molecule has 0 amide bonds. The van der Waals surface area contributed by atoms with Crippen LogP contribution in [0.5, 0.6) is 0 Å². The van der Waals surface area contributed by atoms with Gasteiger partial charge in [0.2, 0.25) is 0 Å². The van der Waals surface area contributed by atoms with Gasteiger partial charge in [0.25, 0.3) is 0 Å². The minimum Gasteiger partial charge on any atom is -0.477 e. The topological polar surface area (TPSA) is 87.5 Å². The smallest absolute Gasteiger partial charge is 0.354 e. The lowest BCUT2D eigenvalue weighted by molar-refractivity contribution is 0.0685. The zero-order valence-corrected chi connectivity index (χ0v) is 11.3. The molecular formula is C12H13NO4Si. The van der Waals surface area contributed by atoms with Crippen LogP contribution >= 0.6 is 0 Å². The Balaban J connectivity index is 3.31. The summed E-state index contributed by atoms with van der Waals surface area (Å²) >= 11 is 0. The number of hydrogen-bond acceptors (Lipinski definition) is 3. The highest BCUT2D eigenvalue weighted by Gasteiger charge is 2.13. The Kier molecular flexibility index (Phi) is 3.88. The van der Waals surface area contributed by atoms with Gasteiger partial charge in [-0.15, -0.1) is 5.54 Å². The minimum absolute atomic E-state index is 0.310. The fraction of sp³-hybridized carbons (Fsp3) is 0.250. The third-order valence-electron chi connectivity index (χ3n) is 1.85. The van der Waals surface area contributed by atoms with Crippen LogP contribution in [0, 0.1) is 11.5 Å². The van der Waals surface area contributed by atoms with E-state index in [0.717, 1.165) is 0 Å². The molecule has 1 aromatic heterocycles. The Hall–Kier alpha value is -2.13. The standard InChI is InChI=1S/C12H13NO4Si/c1-18(2,3)5-4-8-6-9(11(14)15)13-10(7-8)12(16)17/h6-7H,1-3H3,(H,14,15)(H,16,17). The van der Waals surface area contributed by atoms with Crippen molar-refractivity contribution < 1.29 is 19.8 Å². The van der Waals surface area contributed by atoms with Gasteiger partial charge in [0, 0.05) is 5.56 Å². The lowest BCUT2D eigenvalue weighted by Gasteiger charge is -2.04. The van der Waals surface area contributed by atoms with Crippen molar-refractivity contribution in [3.8, 4) is 11.5 Å². The number of carbonyl (C=O) groups is 2. The van der Waals surface area contributed by atoms with Gasteiger partial charge in [-0.2, -0.15) is 0 Å². The number of carboxylic acid groups (broad SMARTS) is 2. The third-order valence-corrected chi connectivity index (χ3v) is 2.72. The number of aromatic carboxylic acids is 2. The highest BCUT2D eigenvalue weighted by molar-refractivity contribution is 6.83. The minimum atomic E-state index is -1.61. The Bertz CT molecular complexity index is 531. The van der Waals surface area contributed by atoms with Gasteiger partial charge in [0.1, 0.15) is 19.5 Å². The van der Waals surface area contributed by atoms with Crippen LogP contribution in [0.4, 0.5) is 0 Å². The second-order valence-electron chi connectivity index (χ2n) is 4.74. The van der Waals surface area contributed by atoms with Crippen molar-refractivity contribution in [2.75, 3.05) is 0 Å². The largest absolute Gasteiger partial charge is 0.477 e. The van der Waals surface area contributed by atoms with Crippen molar-refractivity contribution in [1.82, 2.24) is 4.98 Å². The number of aromatic nitrogens is 1. The van der Waals surface area contributed by atoms with E-state index in [2.05, 4.69) is 16.4 Å². The number of rotatable bonds is 2. The van der Waals surface area contributed by atoms with Crippen LogP contribution < -0.4 is 0 Å². The SMILES string of the molecule is C[Si](C)(C)C#Cc1cc(C(=O)O)nc(C(=O)O)c1. The molecule has 0 radical (unpaired) electrons. The Labute approximate surface area is 105 Å². The van der Waals surface area contributed by atoms with E-state index in [4.69, 9.17) is 10.2 Å². The summed E-state index contributed by atoms with van der Waals surface area (Å²) in [5, 5.41) is 17.7. The number of nitrogens with zero attached hydrogens (tertiary/aromatic N) is 1. The van der Waals surface area contributed by atoms with Crippen LogP contribution in [-0.4, -0.2) is 35.2 Å². The Morgan fingerprint density at radius 2 is 1.56 bits per heavy atom. The second kappa shape index (κ2) is 5.02. The van der Waals surface area contributed by atoms with Gasteiger partial charge in [-0.3, -0.25) is 0 Å². The summed E-state index contributed by atoms with van der Waals surface area (Å²) in [6.07, 6.45) is 0. The summed E-state index contributed by atoms with van der Waals surface area (Å²) in [5.74, 6) is 0.282. The molecule has 0 aliphatic carbocycles. The molecule has 0 spiro atoms. The quantitative estimate of drug-likeness (QED) is 0.626. The molecule has 0 aliphatic heterocycles. The normalized spacial score (nSPS) is 10.4. The molecule has 1 aromatic rings. The van der Waals surface area contributed by atoms with E-state index in [1.165, 1.54) is 12.1 Å². The molecule has 6 heteroatoms. The van der Waals surface area contributed by atoms with Gasteiger partial charge >= 0.3 is 11.9 Å². The monoisotopic (exact) mass is 263 g/mol. The second-order valence-corrected chi connectivity index (χ2v) is 9.49.